The molecule has 2 aliphatic rings. The van der Waals surface area contributed by atoms with E-state index in [4.69, 9.17) is 0 Å². The fourth-order valence-electron chi connectivity index (χ4n) is 4.72. The predicted molar refractivity (Wildman–Crippen MR) is 118 cm³/mol. The number of nitrogens with one attached hydrogen (secondary N) is 2. The molecule has 7 heteroatoms. The Morgan fingerprint density at radius 3 is 2.83 bits per heavy atom. The van der Waals surface area contributed by atoms with Gasteiger partial charge in [-0.05, 0) is 57.1 Å². The van der Waals surface area contributed by atoms with E-state index in [2.05, 4.69) is 29.5 Å². The fourth-order valence-corrected chi connectivity index (χ4v) is 5.70. The Kier molecular flexibility index (Phi) is 5.71. The molecule has 0 spiro atoms. The second-order valence-corrected chi connectivity index (χ2v) is 10.0. The largest absolute Gasteiger partial charge is 0.352 e. The van der Waals surface area contributed by atoms with Gasteiger partial charge in [-0.1, -0.05) is 6.92 Å². The molecule has 1 amide bonds. The number of carbonyl (C=O) groups excluding carboxylic acids is 1. The molecule has 2 aromatic heterocycles. The lowest BCUT2D eigenvalue weighted by atomic mass is 9.74. The van der Waals surface area contributed by atoms with Crippen molar-refractivity contribution in [2.24, 2.45) is 13.0 Å². The van der Waals surface area contributed by atoms with Gasteiger partial charge in [-0.15, -0.1) is 11.8 Å². The van der Waals surface area contributed by atoms with Gasteiger partial charge in [0, 0.05) is 41.7 Å². The number of nitrogens with zero attached hydrogens (tertiary/aromatic N) is 2. The average Bonchev–Trinajstić information content (AvgIpc) is 3.13. The summed E-state index contributed by atoms with van der Waals surface area (Å²) in [6.45, 7) is 6.24. The van der Waals surface area contributed by atoms with Crippen LogP contribution in [0.15, 0.2) is 23.1 Å². The van der Waals surface area contributed by atoms with Crippen molar-refractivity contribution in [3.63, 3.8) is 0 Å². The van der Waals surface area contributed by atoms with Gasteiger partial charge in [0.15, 0.2) is 0 Å². The minimum Gasteiger partial charge on any atom is -0.352 e. The summed E-state index contributed by atoms with van der Waals surface area (Å²) in [5.41, 5.74) is 2.73. The van der Waals surface area contributed by atoms with Crippen LogP contribution in [0.5, 0.6) is 0 Å². The molecule has 156 valence electrons. The number of pyridine rings is 2. The molecule has 1 saturated heterocycles. The minimum atomic E-state index is -0.115. The van der Waals surface area contributed by atoms with Crippen LogP contribution >= 0.6 is 11.8 Å². The molecule has 0 aromatic carbocycles. The van der Waals surface area contributed by atoms with Gasteiger partial charge in [0.05, 0.1) is 16.9 Å². The Morgan fingerprint density at radius 2 is 2.10 bits per heavy atom. The maximum atomic E-state index is 13.2. The van der Waals surface area contributed by atoms with E-state index in [1.165, 1.54) is 0 Å². The first-order chi connectivity index (χ1) is 13.8. The molecule has 1 aliphatic heterocycles. The third-order valence-corrected chi connectivity index (χ3v) is 7.64. The number of amides is 1. The van der Waals surface area contributed by atoms with E-state index < -0.39 is 0 Å². The van der Waals surface area contributed by atoms with E-state index in [-0.39, 0.29) is 29.5 Å². The smallest absolute Gasteiger partial charge is 0.254 e. The van der Waals surface area contributed by atoms with Crippen molar-refractivity contribution in [1.29, 1.82) is 0 Å². The van der Waals surface area contributed by atoms with Crippen LogP contribution in [0.25, 0.3) is 10.9 Å². The molecule has 2 aromatic rings. The molecular weight excluding hydrogens is 384 g/mol. The second-order valence-electron chi connectivity index (χ2n) is 8.65. The summed E-state index contributed by atoms with van der Waals surface area (Å²) in [7, 11) is 1.84. The van der Waals surface area contributed by atoms with E-state index >= 15 is 0 Å². The Labute approximate surface area is 175 Å². The SMILES string of the molecule is Cc1cc2c(cn1)cc(C1CC(NC(=O)C3CSC(C)N3)CCC1C)c(=O)n2C. The molecule has 1 aliphatic carbocycles. The van der Waals surface area contributed by atoms with Crippen LogP contribution in [0.3, 0.4) is 0 Å². The molecule has 1 saturated carbocycles. The molecule has 6 nitrogen and oxygen atoms in total. The first-order valence-electron chi connectivity index (χ1n) is 10.5. The monoisotopic (exact) mass is 414 g/mol. The number of hydrogen-bond acceptors (Lipinski definition) is 5. The van der Waals surface area contributed by atoms with Crippen molar-refractivity contribution in [1.82, 2.24) is 20.2 Å². The maximum Gasteiger partial charge on any atom is 0.254 e. The highest BCUT2D eigenvalue weighted by Crippen LogP contribution is 2.37. The van der Waals surface area contributed by atoms with Gasteiger partial charge in [0.1, 0.15) is 0 Å². The van der Waals surface area contributed by atoms with Crippen LogP contribution in [0.4, 0.5) is 0 Å². The van der Waals surface area contributed by atoms with Crippen molar-refractivity contribution >= 4 is 28.6 Å². The molecule has 4 rings (SSSR count). The zero-order valence-corrected chi connectivity index (χ0v) is 18.4. The Hall–Kier alpha value is -1.86. The summed E-state index contributed by atoms with van der Waals surface area (Å²) in [6, 6.07) is 3.98. The summed E-state index contributed by atoms with van der Waals surface area (Å²) >= 11 is 1.78. The first-order valence-corrected chi connectivity index (χ1v) is 11.5. The molecular formula is C22H30N4O2S. The maximum absolute atomic E-state index is 13.2. The highest BCUT2D eigenvalue weighted by atomic mass is 32.2. The summed E-state index contributed by atoms with van der Waals surface area (Å²) in [6.07, 6.45) is 4.63. The van der Waals surface area contributed by atoms with Gasteiger partial charge in [0.2, 0.25) is 5.91 Å². The third kappa shape index (κ3) is 4.08. The number of hydrogen-bond donors (Lipinski definition) is 2. The van der Waals surface area contributed by atoms with Gasteiger partial charge in [-0.25, -0.2) is 0 Å². The molecule has 2 fully saturated rings. The van der Waals surface area contributed by atoms with Crippen LogP contribution in [-0.4, -0.2) is 38.7 Å². The van der Waals surface area contributed by atoms with Crippen LogP contribution in [0.1, 0.15) is 50.3 Å². The highest BCUT2D eigenvalue weighted by molar-refractivity contribution is 8.00. The first kappa shape index (κ1) is 20.4. The molecule has 2 N–H and O–H groups in total. The summed E-state index contributed by atoms with van der Waals surface area (Å²) < 4.78 is 1.75. The Morgan fingerprint density at radius 1 is 1.31 bits per heavy atom. The standard InChI is InChI=1S/C22H30N4O2S/c1-12-5-6-16(25-21(27)19-11-29-14(3)24-19)9-17(12)18-8-15-10-23-13(2)7-20(15)26(4)22(18)28/h7-8,10,12,14,16-17,19,24H,5-6,9,11H2,1-4H3,(H,25,27). The molecule has 5 unspecified atom stereocenters. The lowest BCUT2D eigenvalue weighted by molar-refractivity contribution is -0.123. The van der Waals surface area contributed by atoms with Crippen LogP contribution < -0.4 is 16.2 Å². The van der Waals surface area contributed by atoms with Crippen molar-refractivity contribution < 1.29 is 4.79 Å². The quantitative estimate of drug-likeness (QED) is 0.808. The second kappa shape index (κ2) is 8.11. The van der Waals surface area contributed by atoms with E-state index in [0.29, 0.717) is 11.3 Å². The topological polar surface area (TPSA) is 76.0 Å². The van der Waals surface area contributed by atoms with Crippen LogP contribution in [0, 0.1) is 12.8 Å². The van der Waals surface area contributed by atoms with E-state index in [1.807, 2.05) is 32.3 Å². The van der Waals surface area contributed by atoms with Crippen molar-refractivity contribution in [2.45, 2.75) is 63.4 Å². The van der Waals surface area contributed by atoms with E-state index in [0.717, 1.165) is 47.2 Å². The molecule has 0 bridgehead atoms. The van der Waals surface area contributed by atoms with Gasteiger partial charge in [-0.2, -0.15) is 0 Å². The molecule has 5 atom stereocenters. The average molecular weight is 415 g/mol. The number of thioether (sulfide) groups is 1. The highest BCUT2D eigenvalue weighted by Gasteiger charge is 2.34. The number of fused-ring (bicyclic) bond motifs is 1. The van der Waals surface area contributed by atoms with Crippen LogP contribution in [0.2, 0.25) is 0 Å². The normalized spacial score (nSPS) is 29.9. The minimum absolute atomic E-state index is 0.0645. The Bertz CT molecular complexity index is 989. The summed E-state index contributed by atoms with van der Waals surface area (Å²) in [4.78, 5) is 30.2. The van der Waals surface area contributed by atoms with E-state index in [9.17, 15) is 9.59 Å². The predicted octanol–water partition coefficient (Wildman–Crippen LogP) is 2.68. The lowest BCUT2D eigenvalue weighted by Crippen LogP contribution is -2.49. The van der Waals surface area contributed by atoms with Crippen molar-refractivity contribution in [3.8, 4) is 0 Å². The third-order valence-electron chi connectivity index (χ3n) is 6.48. The number of aromatic nitrogens is 2. The zero-order valence-electron chi connectivity index (χ0n) is 17.6. The molecule has 3 heterocycles. The van der Waals surface area contributed by atoms with Gasteiger partial charge < -0.3 is 9.88 Å². The van der Waals surface area contributed by atoms with Gasteiger partial charge >= 0.3 is 0 Å². The summed E-state index contributed by atoms with van der Waals surface area (Å²) in [5, 5.41) is 7.89. The van der Waals surface area contributed by atoms with E-state index in [1.54, 1.807) is 16.3 Å². The molecule has 0 radical (unpaired) electrons. The van der Waals surface area contributed by atoms with Crippen molar-refractivity contribution in [2.75, 3.05) is 5.75 Å². The number of carbonyl (C=O) groups is 1. The zero-order chi connectivity index (χ0) is 20.7. The van der Waals surface area contributed by atoms with Gasteiger partial charge in [-0.3, -0.25) is 19.9 Å². The Balaban J connectivity index is 1.57. The number of rotatable bonds is 3. The number of aryl methyl sites for hydroxylation is 2. The van der Waals surface area contributed by atoms with Gasteiger partial charge in [0.25, 0.3) is 5.56 Å². The lowest BCUT2D eigenvalue weighted by Gasteiger charge is -2.35. The van der Waals surface area contributed by atoms with Crippen LogP contribution in [-0.2, 0) is 11.8 Å². The molecule has 29 heavy (non-hydrogen) atoms. The van der Waals surface area contributed by atoms with Crippen molar-refractivity contribution in [3.05, 3.63) is 39.9 Å². The summed E-state index contributed by atoms with van der Waals surface area (Å²) in [5.74, 6) is 1.46. The fraction of sp³-hybridized carbons (Fsp3) is 0.591.